The number of phosphoric acid groups is 1. The zero-order chi connectivity index (χ0) is 7.21. The van der Waals surface area contributed by atoms with Crippen molar-refractivity contribution in [2.45, 2.75) is 6.92 Å². The number of nitrogens with zero attached hydrogens (tertiary/aromatic N) is 1. The fraction of sp³-hybridized carbons (Fsp3) is 0.500. The first kappa shape index (κ1) is 16.7. The van der Waals surface area contributed by atoms with E-state index in [9.17, 15) is 0 Å². The van der Waals surface area contributed by atoms with Crippen LogP contribution in [0, 0.1) is 11.3 Å². The summed E-state index contributed by atoms with van der Waals surface area (Å²) in [5.41, 5.74) is 0. The van der Waals surface area contributed by atoms with Crippen molar-refractivity contribution in [3.63, 3.8) is 0 Å². The second-order valence-electron chi connectivity index (χ2n) is 0.737. The maximum atomic E-state index is 8.88. The minimum absolute atomic E-state index is 0. The van der Waals surface area contributed by atoms with Crippen molar-refractivity contribution in [3.8, 4) is 6.07 Å². The molecule has 0 rings (SSSR count). The van der Waals surface area contributed by atoms with Gasteiger partial charge in [-0.3, -0.25) is 0 Å². The molecule has 0 atom stereocenters. The van der Waals surface area contributed by atoms with Crippen molar-refractivity contribution in [1.82, 2.24) is 0 Å². The second kappa shape index (κ2) is 9.24. The maximum absolute atomic E-state index is 8.88. The van der Waals surface area contributed by atoms with E-state index in [2.05, 4.69) is 0 Å². The quantitative estimate of drug-likeness (QED) is 0.325. The van der Waals surface area contributed by atoms with Gasteiger partial charge in [-0.05, 0) is 0 Å². The average molecular weight is 179 g/mol. The molecule has 0 unspecified atom stereocenters. The summed E-state index contributed by atoms with van der Waals surface area (Å²) in [6.07, 6.45) is 0. The zero-order valence-electron chi connectivity index (χ0n) is 4.14. The van der Waals surface area contributed by atoms with Gasteiger partial charge >= 0.3 is 59.2 Å². The van der Waals surface area contributed by atoms with E-state index in [1.165, 1.54) is 6.92 Å². The standard InChI is InChI=1S/C2H3N.K.H3O4P.H/c1-2-3;;1-5(2,3)4;/h1H3;;(H3,1,2,3,4);. The van der Waals surface area contributed by atoms with Crippen LogP contribution in [0.25, 0.3) is 0 Å². The van der Waals surface area contributed by atoms with E-state index in [-0.39, 0.29) is 51.4 Å². The minimum atomic E-state index is -4.64. The Balaban J connectivity index is -0.0000000800. The third-order valence-corrected chi connectivity index (χ3v) is 0. The van der Waals surface area contributed by atoms with Gasteiger partial charge in [0.1, 0.15) is 0 Å². The summed E-state index contributed by atoms with van der Waals surface area (Å²) in [7, 11) is -4.64. The Labute approximate surface area is 95.4 Å². The fourth-order valence-corrected chi connectivity index (χ4v) is 0. The van der Waals surface area contributed by atoms with E-state index in [1.54, 1.807) is 6.07 Å². The summed E-state index contributed by atoms with van der Waals surface area (Å²) in [6.45, 7) is 1.43. The summed E-state index contributed by atoms with van der Waals surface area (Å²) in [5, 5.41) is 7.32. The third kappa shape index (κ3) is 316. The Morgan fingerprint density at radius 3 is 1.44 bits per heavy atom. The van der Waals surface area contributed by atoms with Gasteiger partial charge in [-0.1, -0.05) is 0 Å². The Hall–Kier alpha value is 1.24. The molecule has 7 heteroatoms. The van der Waals surface area contributed by atoms with Crippen LogP contribution < -0.4 is 0 Å². The monoisotopic (exact) mass is 179 g/mol. The Kier molecular flexibility index (Phi) is 17.1. The van der Waals surface area contributed by atoms with E-state index in [1.807, 2.05) is 0 Å². The van der Waals surface area contributed by atoms with Gasteiger partial charge in [-0.15, -0.1) is 0 Å². The summed E-state index contributed by atoms with van der Waals surface area (Å²) in [4.78, 5) is 21.6. The number of nitriles is 1. The van der Waals surface area contributed by atoms with Crippen molar-refractivity contribution >= 4 is 59.2 Å². The molecule has 5 nitrogen and oxygen atoms in total. The van der Waals surface area contributed by atoms with Crippen molar-refractivity contribution in [2.75, 3.05) is 0 Å². The van der Waals surface area contributed by atoms with Gasteiger partial charge in [0.2, 0.25) is 0 Å². The van der Waals surface area contributed by atoms with Gasteiger partial charge in [0.25, 0.3) is 0 Å². The van der Waals surface area contributed by atoms with Crippen molar-refractivity contribution in [2.24, 2.45) is 0 Å². The molecule has 0 aromatic heterocycles. The van der Waals surface area contributed by atoms with Crippen LogP contribution in [0.15, 0.2) is 0 Å². The first-order valence-corrected chi connectivity index (χ1v) is 3.07. The molecule has 0 aromatic rings. The summed E-state index contributed by atoms with van der Waals surface area (Å²) in [5.74, 6) is 0. The molecule has 0 heterocycles. The normalized spacial score (nSPS) is 7.44. The van der Waals surface area contributed by atoms with Crippen LogP contribution in [0.5, 0.6) is 0 Å². The van der Waals surface area contributed by atoms with Crippen LogP contribution in [0.1, 0.15) is 6.92 Å². The molecule has 50 valence electrons. The van der Waals surface area contributed by atoms with Gasteiger partial charge in [-0.2, -0.15) is 5.26 Å². The number of rotatable bonds is 0. The van der Waals surface area contributed by atoms with E-state index in [0.717, 1.165) is 0 Å². The third-order valence-electron chi connectivity index (χ3n) is 0. The topological polar surface area (TPSA) is 102 Å². The number of hydrogen-bond acceptors (Lipinski definition) is 2. The first-order valence-electron chi connectivity index (χ1n) is 1.51. The molecule has 0 aliphatic heterocycles. The molecule has 0 radical (unpaired) electrons. The van der Waals surface area contributed by atoms with Gasteiger partial charge in [0.05, 0.1) is 6.07 Å². The zero-order valence-corrected chi connectivity index (χ0v) is 5.04. The first-order chi connectivity index (χ1) is 3.41. The fourth-order valence-electron chi connectivity index (χ4n) is 0. The molecule has 0 amide bonds. The van der Waals surface area contributed by atoms with E-state index < -0.39 is 7.82 Å². The summed E-state index contributed by atoms with van der Waals surface area (Å²) in [6, 6.07) is 1.75. The SMILES string of the molecule is CC#N.O=P(O)(O)O.[KH]. The number of hydrogen-bond donors (Lipinski definition) is 3. The van der Waals surface area contributed by atoms with E-state index in [0.29, 0.717) is 0 Å². The molecule has 0 saturated carbocycles. The molecule has 0 aliphatic rings. The van der Waals surface area contributed by atoms with Crippen LogP contribution in [0.2, 0.25) is 0 Å². The van der Waals surface area contributed by atoms with E-state index in [4.69, 9.17) is 24.5 Å². The van der Waals surface area contributed by atoms with Crippen molar-refractivity contribution in [1.29, 1.82) is 5.26 Å². The predicted octanol–water partition coefficient (Wildman–Crippen LogP) is -1.05. The molecule has 3 N–H and O–H groups in total. The molecule has 0 bridgehead atoms. The van der Waals surface area contributed by atoms with Gasteiger partial charge in [0.15, 0.2) is 0 Å². The van der Waals surface area contributed by atoms with Crippen LogP contribution in [0.4, 0.5) is 0 Å². The Bertz CT molecular complexity index is 117. The molecule has 0 spiro atoms. The van der Waals surface area contributed by atoms with Crippen LogP contribution in [-0.4, -0.2) is 66.1 Å². The second-order valence-corrected chi connectivity index (χ2v) is 1.76. The summed E-state index contributed by atoms with van der Waals surface area (Å²) < 4.78 is 8.88. The Morgan fingerprint density at radius 1 is 1.44 bits per heavy atom. The molecule has 0 fully saturated rings. The van der Waals surface area contributed by atoms with Gasteiger partial charge in [0, 0.05) is 6.92 Å². The van der Waals surface area contributed by atoms with Gasteiger partial charge < -0.3 is 14.7 Å². The summed E-state index contributed by atoms with van der Waals surface area (Å²) >= 11 is 0. The van der Waals surface area contributed by atoms with Crippen LogP contribution in [0.3, 0.4) is 0 Å². The van der Waals surface area contributed by atoms with Crippen LogP contribution >= 0.6 is 7.82 Å². The Morgan fingerprint density at radius 2 is 1.44 bits per heavy atom. The predicted molar refractivity (Wildman–Crippen MR) is 32.7 cm³/mol. The van der Waals surface area contributed by atoms with Gasteiger partial charge in [-0.25, -0.2) is 4.57 Å². The van der Waals surface area contributed by atoms with Crippen molar-refractivity contribution in [3.05, 3.63) is 0 Å². The van der Waals surface area contributed by atoms with E-state index >= 15 is 0 Å². The molecule has 0 aliphatic carbocycles. The van der Waals surface area contributed by atoms with Crippen molar-refractivity contribution < 1.29 is 19.2 Å². The molecular weight excluding hydrogens is 172 g/mol. The molecule has 0 aromatic carbocycles. The molecular formula is C2H7KNO4P. The molecule has 9 heavy (non-hydrogen) atoms. The van der Waals surface area contributed by atoms with Crippen LogP contribution in [-0.2, 0) is 4.57 Å². The average Bonchev–Trinajstić information content (AvgIpc) is 1.27. The molecule has 0 saturated heterocycles.